The molecule has 0 aliphatic carbocycles. The average molecular weight is 248 g/mol. The smallest absolute Gasteiger partial charge is 0.0361 e. The van der Waals surface area contributed by atoms with E-state index in [1.807, 2.05) is 11.3 Å². The van der Waals surface area contributed by atoms with Gasteiger partial charge in [0.2, 0.25) is 0 Å². The largest absolute Gasteiger partial charge is 0.135 e. The standard InChI is InChI=1S/C17H12S/c1-11-5-4-6-12-9-15-13-7-2-3-8-16(13)18-17(15)10-14(11)12/h2-10H,1H3. The Labute approximate surface area is 109 Å². The monoisotopic (exact) mass is 248 g/mol. The maximum atomic E-state index is 2.34. The molecule has 4 aromatic rings. The predicted octanol–water partition coefficient (Wildman–Crippen LogP) is 5.52. The molecule has 3 aromatic carbocycles. The highest BCUT2D eigenvalue weighted by atomic mass is 32.1. The summed E-state index contributed by atoms with van der Waals surface area (Å²) in [7, 11) is 0. The lowest BCUT2D eigenvalue weighted by Crippen LogP contribution is -1.77. The summed E-state index contributed by atoms with van der Waals surface area (Å²) in [5, 5.41) is 5.47. The molecule has 0 spiro atoms. The maximum absolute atomic E-state index is 2.34. The molecular formula is C17H12S. The van der Waals surface area contributed by atoms with Gasteiger partial charge in [0.1, 0.15) is 0 Å². The highest BCUT2D eigenvalue weighted by Gasteiger charge is 2.06. The van der Waals surface area contributed by atoms with E-state index in [0.29, 0.717) is 0 Å². The molecule has 0 saturated carbocycles. The van der Waals surface area contributed by atoms with E-state index in [1.165, 1.54) is 36.5 Å². The molecule has 0 aliphatic heterocycles. The van der Waals surface area contributed by atoms with Crippen molar-refractivity contribution in [2.24, 2.45) is 0 Å². The Morgan fingerprint density at radius 2 is 1.61 bits per heavy atom. The zero-order valence-electron chi connectivity index (χ0n) is 10.1. The fourth-order valence-electron chi connectivity index (χ4n) is 2.65. The first-order chi connectivity index (χ1) is 8.83. The van der Waals surface area contributed by atoms with Crippen LogP contribution in [-0.4, -0.2) is 0 Å². The third-order valence-corrected chi connectivity index (χ3v) is 4.73. The Hall–Kier alpha value is -1.86. The molecule has 1 heterocycles. The van der Waals surface area contributed by atoms with Crippen LogP contribution in [0, 0.1) is 6.92 Å². The van der Waals surface area contributed by atoms with Gasteiger partial charge in [0.05, 0.1) is 0 Å². The maximum Gasteiger partial charge on any atom is 0.0361 e. The molecule has 0 unspecified atom stereocenters. The molecule has 0 radical (unpaired) electrons. The fourth-order valence-corrected chi connectivity index (χ4v) is 3.78. The highest BCUT2D eigenvalue weighted by Crippen LogP contribution is 2.36. The molecule has 0 N–H and O–H groups in total. The fraction of sp³-hybridized carbons (Fsp3) is 0.0588. The minimum absolute atomic E-state index is 1.34. The molecule has 0 aliphatic rings. The van der Waals surface area contributed by atoms with E-state index < -0.39 is 0 Å². The van der Waals surface area contributed by atoms with Crippen molar-refractivity contribution in [1.29, 1.82) is 0 Å². The molecule has 1 aromatic heterocycles. The number of rotatable bonds is 0. The van der Waals surface area contributed by atoms with Gasteiger partial charge in [-0.15, -0.1) is 11.3 Å². The van der Waals surface area contributed by atoms with Gasteiger partial charge in [0.15, 0.2) is 0 Å². The SMILES string of the molecule is Cc1cccc2cc3c(cc12)sc1ccccc13. The third kappa shape index (κ3) is 1.31. The summed E-state index contributed by atoms with van der Waals surface area (Å²) >= 11 is 1.89. The molecule has 4 rings (SSSR count). The first-order valence-corrected chi connectivity index (χ1v) is 6.95. The van der Waals surface area contributed by atoms with Crippen molar-refractivity contribution >= 4 is 42.3 Å². The second-order valence-corrected chi connectivity index (χ2v) is 5.83. The molecule has 0 amide bonds. The minimum Gasteiger partial charge on any atom is -0.135 e. The minimum atomic E-state index is 1.34. The van der Waals surface area contributed by atoms with E-state index in [1.54, 1.807) is 0 Å². The summed E-state index contributed by atoms with van der Waals surface area (Å²) in [6.07, 6.45) is 0. The number of hydrogen-bond acceptors (Lipinski definition) is 1. The van der Waals surface area contributed by atoms with Crippen molar-refractivity contribution in [3.8, 4) is 0 Å². The Balaban J connectivity index is 2.27. The molecule has 0 saturated heterocycles. The van der Waals surface area contributed by atoms with Crippen molar-refractivity contribution in [3.05, 3.63) is 60.2 Å². The van der Waals surface area contributed by atoms with Crippen LogP contribution in [0.4, 0.5) is 0 Å². The third-order valence-electron chi connectivity index (χ3n) is 3.60. The van der Waals surface area contributed by atoms with Crippen LogP contribution in [0.3, 0.4) is 0 Å². The van der Waals surface area contributed by atoms with Gasteiger partial charge < -0.3 is 0 Å². The first kappa shape index (κ1) is 10.1. The van der Waals surface area contributed by atoms with Gasteiger partial charge in [-0.2, -0.15) is 0 Å². The van der Waals surface area contributed by atoms with Crippen molar-refractivity contribution in [2.75, 3.05) is 0 Å². The van der Waals surface area contributed by atoms with Crippen molar-refractivity contribution in [1.82, 2.24) is 0 Å². The van der Waals surface area contributed by atoms with E-state index in [-0.39, 0.29) is 0 Å². The van der Waals surface area contributed by atoms with Gasteiger partial charge in [-0.05, 0) is 41.5 Å². The molecule has 0 atom stereocenters. The summed E-state index contributed by atoms with van der Waals surface area (Å²) in [5.41, 5.74) is 1.35. The van der Waals surface area contributed by atoms with Gasteiger partial charge in [-0.3, -0.25) is 0 Å². The molecule has 0 fully saturated rings. The number of fused-ring (bicyclic) bond motifs is 4. The van der Waals surface area contributed by atoms with Crippen LogP contribution < -0.4 is 0 Å². The lowest BCUT2D eigenvalue weighted by atomic mass is 10.0. The summed E-state index contributed by atoms with van der Waals surface area (Å²) in [4.78, 5) is 0. The van der Waals surface area contributed by atoms with E-state index >= 15 is 0 Å². The Kier molecular flexibility index (Phi) is 2.00. The quantitative estimate of drug-likeness (QED) is 0.384. The van der Waals surface area contributed by atoms with E-state index in [4.69, 9.17) is 0 Å². The Morgan fingerprint density at radius 1 is 0.722 bits per heavy atom. The molecule has 18 heavy (non-hydrogen) atoms. The second kappa shape index (κ2) is 3.56. The number of hydrogen-bond donors (Lipinski definition) is 0. The Morgan fingerprint density at radius 3 is 2.56 bits per heavy atom. The van der Waals surface area contributed by atoms with E-state index in [9.17, 15) is 0 Å². The number of thiophene rings is 1. The van der Waals surface area contributed by atoms with Crippen molar-refractivity contribution in [2.45, 2.75) is 6.92 Å². The van der Waals surface area contributed by atoms with Crippen molar-refractivity contribution in [3.63, 3.8) is 0 Å². The summed E-state index contributed by atoms with van der Waals surface area (Å²) in [6.45, 7) is 2.18. The molecule has 86 valence electrons. The summed E-state index contributed by atoms with van der Waals surface area (Å²) in [6, 6.07) is 19.8. The van der Waals surface area contributed by atoms with E-state index in [2.05, 4.69) is 61.5 Å². The molecule has 0 nitrogen and oxygen atoms in total. The average Bonchev–Trinajstić information content (AvgIpc) is 2.75. The van der Waals surface area contributed by atoms with E-state index in [0.717, 1.165) is 0 Å². The number of aryl methyl sites for hydroxylation is 1. The molecule has 0 bridgehead atoms. The normalized spacial score (nSPS) is 11.6. The number of benzene rings is 3. The van der Waals surface area contributed by atoms with Crippen LogP contribution in [0.25, 0.3) is 30.9 Å². The van der Waals surface area contributed by atoms with Crippen LogP contribution in [0.1, 0.15) is 5.56 Å². The topological polar surface area (TPSA) is 0 Å². The van der Waals surface area contributed by atoms with Crippen LogP contribution in [0.15, 0.2) is 54.6 Å². The van der Waals surface area contributed by atoms with Gasteiger partial charge in [0.25, 0.3) is 0 Å². The van der Waals surface area contributed by atoms with Crippen LogP contribution >= 0.6 is 11.3 Å². The lowest BCUT2D eigenvalue weighted by molar-refractivity contribution is 1.54. The predicted molar refractivity (Wildman–Crippen MR) is 81.6 cm³/mol. The lowest BCUT2D eigenvalue weighted by Gasteiger charge is -2.02. The molecular weight excluding hydrogens is 236 g/mol. The Bertz CT molecular complexity index is 884. The van der Waals surface area contributed by atoms with Gasteiger partial charge in [-0.25, -0.2) is 0 Å². The zero-order valence-corrected chi connectivity index (χ0v) is 10.9. The van der Waals surface area contributed by atoms with Gasteiger partial charge >= 0.3 is 0 Å². The van der Waals surface area contributed by atoms with Crippen molar-refractivity contribution < 1.29 is 0 Å². The summed E-state index contributed by atoms with van der Waals surface area (Å²) < 4.78 is 2.76. The van der Waals surface area contributed by atoms with Crippen LogP contribution in [0.2, 0.25) is 0 Å². The van der Waals surface area contributed by atoms with Gasteiger partial charge in [0, 0.05) is 20.2 Å². The van der Waals surface area contributed by atoms with Crippen LogP contribution in [-0.2, 0) is 0 Å². The second-order valence-electron chi connectivity index (χ2n) is 4.74. The zero-order chi connectivity index (χ0) is 12.1. The first-order valence-electron chi connectivity index (χ1n) is 6.13. The van der Waals surface area contributed by atoms with Gasteiger partial charge in [-0.1, -0.05) is 36.4 Å². The summed E-state index contributed by atoms with van der Waals surface area (Å²) in [5.74, 6) is 0. The molecule has 1 heteroatoms. The highest BCUT2D eigenvalue weighted by molar-refractivity contribution is 7.25. The van der Waals surface area contributed by atoms with Crippen LogP contribution in [0.5, 0.6) is 0 Å².